The van der Waals surface area contributed by atoms with Gasteiger partial charge in [0.25, 0.3) is 0 Å². The van der Waals surface area contributed by atoms with E-state index in [4.69, 9.17) is 15.1 Å². The number of piperazine rings is 1. The van der Waals surface area contributed by atoms with Crippen molar-refractivity contribution in [2.24, 2.45) is 0 Å². The lowest BCUT2D eigenvalue weighted by Crippen LogP contribution is -2.49. The van der Waals surface area contributed by atoms with E-state index in [0.717, 1.165) is 5.56 Å². The monoisotopic (exact) mass is 515 g/mol. The SMILES string of the molecule is N#Cc1ccc(C(COCc2cc(C(F)(F)F)cc(C(F)(F)F)c2)N2CCN(CC(=O)O)CC2)cc1. The average molecular weight is 515 g/mol. The van der Waals surface area contributed by atoms with E-state index < -0.39 is 42.1 Å². The molecule has 1 fully saturated rings. The molecule has 0 aromatic heterocycles. The van der Waals surface area contributed by atoms with Gasteiger partial charge in [-0.15, -0.1) is 0 Å². The Morgan fingerprint density at radius 2 is 1.53 bits per heavy atom. The molecule has 6 nitrogen and oxygen atoms in total. The van der Waals surface area contributed by atoms with Gasteiger partial charge in [-0.1, -0.05) is 12.1 Å². The van der Waals surface area contributed by atoms with Crippen LogP contribution in [0.1, 0.15) is 33.9 Å². The molecule has 1 saturated heterocycles. The highest BCUT2D eigenvalue weighted by molar-refractivity contribution is 5.69. The summed E-state index contributed by atoms with van der Waals surface area (Å²) in [5.74, 6) is -0.949. The predicted octanol–water partition coefficient (Wildman–Crippen LogP) is 4.56. The molecule has 12 heteroatoms. The van der Waals surface area contributed by atoms with Crippen molar-refractivity contribution in [3.63, 3.8) is 0 Å². The van der Waals surface area contributed by atoms with Crippen LogP contribution in [0, 0.1) is 11.3 Å². The number of ether oxygens (including phenoxy) is 1. The van der Waals surface area contributed by atoms with Gasteiger partial charge in [0.15, 0.2) is 0 Å². The highest BCUT2D eigenvalue weighted by Crippen LogP contribution is 2.36. The summed E-state index contributed by atoms with van der Waals surface area (Å²) in [6.07, 6.45) is -9.90. The molecule has 36 heavy (non-hydrogen) atoms. The summed E-state index contributed by atoms with van der Waals surface area (Å²) >= 11 is 0. The zero-order chi connectivity index (χ0) is 26.5. The third kappa shape index (κ3) is 7.43. The van der Waals surface area contributed by atoms with Gasteiger partial charge in [-0.25, -0.2) is 0 Å². The molecule has 3 rings (SSSR count). The number of halogens is 6. The topological polar surface area (TPSA) is 76.8 Å². The van der Waals surface area contributed by atoms with Gasteiger partial charge in [0.1, 0.15) is 0 Å². The second-order valence-electron chi connectivity index (χ2n) is 8.38. The Morgan fingerprint density at radius 3 is 2.00 bits per heavy atom. The lowest BCUT2D eigenvalue weighted by molar-refractivity contribution is -0.143. The average Bonchev–Trinajstić information content (AvgIpc) is 2.81. The van der Waals surface area contributed by atoms with Gasteiger partial charge in [0.2, 0.25) is 0 Å². The van der Waals surface area contributed by atoms with E-state index in [-0.39, 0.29) is 24.8 Å². The number of rotatable bonds is 8. The Labute approximate surface area is 203 Å². The van der Waals surface area contributed by atoms with Crippen LogP contribution in [0.25, 0.3) is 0 Å². The molecule has 1 heterocycles. The van der Waals surface area contributed by atoms with Crippen LogP contribution in [0.5, 0.6) is 0 Å². The van der Waals surface area contributed by atoms with Crippen LogP contribution < -0.4 is 0 Å². The maximum Gasteiger partial charge on any atom is 0.416 e. The number of nitriles is 1. The number of aliphatic carboxylic acids is 1. The molecule has 1 aliphatic rings. The van der Waals surface area contributed by atoms with Gasteiger partial charge in [-0.2, -0.15) is 31.6 Å². The Balaban J connectivity index is 1.77. The van der Waals surface area contributed by atoms with Crippen LogP contribution in [0.15, 0.2) is 42.5 Å². The van der Waals surface area contributed by atoms with E-state index in [1.165, 1.54) is 0 Å². The minimum absolute atomic E-state index is 0.0393. The zero-order valence-electron chi connectivity index (χ0n) is 18.9. The maximum absolute atomic E-state index is 13.1. The third-order valence-corrected chi connectivity index (χ3v) is 5.82. The highest BCUT2D eigenvalue weighted by Gasteiger charge is 2.37. The molecule has 1 atom stereocenters. The Bertz CT molecular complexity index is 1060. The Hall–Kier alpha value is -3.14. The molecule has 194 valence electrons. The molecule has 0 saturated carbocycles. The number of alkyl halides is 6. The molecule has 2 aromatic carbocycles. The molecule has 0 amide bonds. The van der Waals surface area contributed by atoms with Crippen molar-refractivity contribution < 1.29 is 41.0 Å². The number of carbonyl (C=O) groups is 1. The molecule has 1 unspecified atom stereocenters. The van der Waals surface area contributed by atoms with Gasteiger partial charge in [-0.3, -0.25) is 14.6 Å². The fourth-order valence-corrected chi connectivity index (χ4v) is 4.01. The fraction of sp³-hybridized carbons (Fsp3) is 0.417. The molecule has 1 aliphatic heterocycles. The smallest absolute Gasteiger partial charge is 0.416 e. The molecular formula is C24H23F6N3O3. The first-order valence-electron chi connectivity index (χ1n) is 10.9. The van der Waals surface area contributed by atoms with Crippen molar-refractivity contribution in [3.8, 4) is 6.07 Å². The third-order valence-electron chi connectivity index (χ3n) is 5.82. The summed E-state index contributed by atoms with van der Waals surface area (Å²) in [4.78, 5) is 14.7. The molecule has 0 spiro atoms. The lowest BCUT2D eigenvalue weighted by Gasteiger charge is -2.39. The molecule has 0 aliphatic carbocycles. The van der Waals surface area contributed by atoms with Crippen molar-refractivity contribution in [2.75, 3.05) is 39.3 Å². The Kier molecular flexibility index (Phi) is 8.60. The zero-order valence-corrected chi connectivity index (χ0v) is 18.9. The van der Waals surface area contributed by atoms with E-state index >= 15 is 0 Å². The molecule has 0 bridgehead atoms. The summed E-state index contributed by atoms with van der Waals surface area (Å²) in [6, 6.07) is 9.57. The van der Waals surface area contributed by atoms with Gasteiger partial charge in [-0.05, 0) is 41.5 Å². The van der Waals surface area contributed by atoms with Crippen LogP contribution in [0.3, 0.4) is 0 Å². The van der Waals surface area contributed by atoms with Crippen LogP contribution in [0.4, 0.5) is 26.3 Å². The van der Waals surface area contributed by atoms with Crippen molar-refractivity contribution >= 4 is 5.97 Å². The van der Waals surface area contributed by atoms with E-state index in [1.54, 1.807) is 29.2 Å². The summed E-state index contributed by atoms with van der Waals surface area (Å²) in [5.41, 5.74) is -1.90. The predicted molar refractivity (Wildman–Crippen MR) is 116 cm³/mol. The van der Waals surface area contributed by atoms with Crippen molar-refractivity contribution in [2.45, 2.75) is 25.0 Å². The van der Waals surface area contributed by atoms with Crippen LogP contribution in [0.2, 0.25) is 0 Å². The first-order valence-corrected chi connectivity index (χ1v) is 10.9. The summed E-state index contributed by atoms with van der Waals surface area (Å²) < 4.78 is 84.5. The van der Waals surface area contributed by atoms with Crippen molar-refractivity contribution in [1.29, 1.82) is 5.26 Å². The first-order chi connectivity index (χ1) is 16.9. The minimum atomic E-state index is -4.95. The first kappa shape index (κ1) is 27.4. The number of benzene rings is 2. The molecular weight excluding hydrogens is 492 g/mol. The number of hydrogen-bond acceptors (Lipinski definition) is 5. The summed E-state index contributed by atoms with van der Waals surface area (Å²) in [6.45, 7) is 1.25. The lowest BCUT2D eigenvalue weighted by atomic mass is 10.0. The minimum Gasteiger partial charge on any atom is -0.480 e. The number of nitrogens with zero attached hydrogens (tertiary/aromatic N) is 3. The van der Waals surface area contributed by atoms with Gasteiger partial charge >= 0.3 is 18.3 Å². The normalized spacial score (nSPS) is 16.5. The van der Waals surface area contributed by atoms with Gasteiger partial charge in [0, 0.05) is 26.2 Å². The maximum atomic E-state index is 13.1. The largest absolute Gasteiger partial charge is 0.480 e. The molecule has 2 aromatic rings. The number of carboxylic acids is 1. The van der Waals surface area contributed by atoms with Crippen molar-refractivity contribution in [3.05, 3.63) is 70.3 Å². The number of carboxylic acid groups (broad SMARTS) is 1. The van der Waals surface area contributed by atoms with E-state index in [1.807, 2.05) is 11.0 Å². The molecule has 1 N–H and O–H groups in total. The van der Waals surface area contributed by atoms with Crippen LogP contribution in [-0.4, -0.2) is 60.2 Å². The second-order valence-corrected chi connectivity index (χ2v) is 8.38. The van der Waals surface area contributed by atoms with Crippen LogP contribution >= 0.6 is 0 Å². The van der Waals surface area contributed by atoms with Crippen molar-refractivity contribution in [1.82, 2.24) is 9.80 Å². The highest BCUT2D eigenvalue weighted by atomic mass is 19.4. The van der Waals surface area contributed by atoms with E-state index in [9.17, 15) is 31.1 Å². The molecule has 0 radical (unpaired) electrons. The summed E-state index contributed by atoms with van der Waals surface area (Å²) in [5, 5.41) is 18.0. The van der Waals surface area contributed by atoms with Crippen LogP contribution in [-0.2, 0) is 28.5 Å². The Morgan fingerprint density at radius 1 is 0.972 bits per heavy atom. The van der Waals surface area contributed by atoms with E-state index in [0.29, 0.717) is 43.9 Å². The van der Waals surface area contributed by atoms with E-state index in [2.05, 4.69) is 0 Å². The summed E-state index contributed by atoms with van der Waals surface area (Å²) in [7, 11) is 0. The quantitative estimate of drug-likeness (QED) is 0.520. The fourth-order valence-electron chi connectivity index (χ4n) is 4.01. The standard InChI is InChI=1S/C24H23F6N3O3/c25-23(26,27)19-9-17(10-20(11-19)24(28,29)30)14-36-15-21(18-3-1-16(12-31)2-4-18)33-7-5-32(6-8-33)13-22(34)35/h1-4,9-11,21H,5-8,13-15H2,(H,34,35). The second kappa shape index (κ2) is 11.3. The van der Waals surface area contributed by atoms with Gasteiger partial charge in [0.05, 0.1) is 48.6 Å². The van der Waals surface area contributed by atoms with Gasteiger partial charge < -0.3 is 9.84 Å². The number of hydrogen-bond donors (Lipinski definition) is 1.